The molecule has 0 saturated heterocycles. The smallest absolute Gasteiger partial charge is 0.227 e. The molecule has 3 nitrogen and oxygen atoms in total. The zero-order valence-electron chi connectivity index (χ0n) is 9.24. The Hall–Kier alpha value is -1.07. The van der Waals surface area contributed by atoms with Gasteiger partial charge in [0.15, 0.2) is 0 Å². The van der Waals surface area contributed by atoms with Crippen LogP contribution in [0.3, 0.4) is 0 Å². The summed E-state index contributed by atoms with van der Waals surface area (Å²) in [5.74, 6) is -0.0296. The van der Waals surface area contributed by atoms with Crippen LogP contribution in [0.4, 0.5) is 0 Å². The second-order valence-electron chi connectivity index (χ2n) is 3.68. The molecular formula is C12H11BrN2OS. The van der Waals surface area contributed by atoms with Gasteiger partial charge in [0.1, 0.15) is 0 Å². The fourth-order valence-electron chi connectivity index (χ4n) is 1.56. The fourth-order valence-corrected chi connectivity index (χ4v) is 2.79. The van der Waals surface area contributed by atoms with Crippen LogP contribution in [0.15, 0.2) is 33.6 Å². The van der Waals surface area contributed by atoms with Gasteiger partial charge in [-0.05, 0) is 31.2 Å². The highest BCUT2D eigenvalue weighted by Crippen LogP contribution is 2.29. The van der Waals surface area contributed by atoms with E-state index in [2.05, 4.69) is 20.9 Å². The van der Waals surface area contributed by atoms with E-state index in [0.29, 0.717) is 0 Å². The molecule has 5 heteroatoms. The Morgan fingerprint density at radius 1 is 1.47 bits per heavy atom. The average Bonchev–Trinajstić information content (AvgIpc) is 2.26. The quantitative estimate of drug-likeness (QED) is 0.887. The summed E-state index contributed by atoms with van der Waals surface area (Å²) in [6.45, 7) is 1.94. The number of benzene rings is 1. The van der Waals surface area contributed by atoms with Crippen molar-refractivity contribution in [3.8, 4) is 0 Å². The summed E-state index contributed by atoms with van der Waals surface area (Å²) in [6.07, 6.45) is 0. The lowest BCUT2D eigenvalue weighted by atomic mass is 10.2. The first-order valence-corrected chi connectivity index (χ1v) is 6.82. The summed E-state index contributed by atoms with van der Waals surface area (Å²) in [5, 5.41) is 1.04. The molecule has 2 aromatic rings. The first-order chi connectivity index (χ1) is 8.06. The molecule has 88 valence electrons. The van der Waals surface area contributed by atoms with Gasteiger partial charge < -0.3 is 5.73 Å². The number of nitrogens with two attached hydrogens (primary N) is 1. The predicted molar refractivity (Wildman–Crippen MR) is 74.1 cm³/mol. The zero-order valence-corrected chi connectivity index (χ0v) is 11.6. The Labute approximate surface area is 112 Å². The maximum absolute atomic E-state index is 10.8. The van der Waals surface area contributed by atoms with Gasteiger partial charge in [-0.1, -0.05) is 15.9 Å². The van der Waals surface area contributed by atoms with Crippen LogP contribution in [0.5, 0.6) is 0 Å². The van der Waals surface area contributed by atoms with Crippen LogP contribution in [0, 0.1) is 6.92 Å². The van der Waals surface area contributed by atoms with Crippen molar-refractivity contribution in [3.05, 3.63) is 34.4 Å². The molecule has 17 heavy (non-hydrogen) atoms. The van der Waals surface area contributed by atoms with E-state index in [1.807, 2.05) is 31.2 Å². The number of aryl methyl sites for hydroxylation is 1. The first-order valence-electron chi connectivity index (χ1n) is 5.04. The van der Waals surface area contributed by atoms with Gasteiger partial charge in [0.2, 0.25) is 5.91 Å². The van der Waals surface area contributed by atoms with E-state index in [1.54, 1.807) is 0 Å². The molecule has 0 atom stereocenters. The van der Waals surface area contributed by atoms with E-state index in [1.165, 1.54) is 11.8 Å². The highest BCUT2D eigenvalue weighted by molar-refractivity contribution is 9.10. The molecule has 2 N–H and O–H groups in total. The largest absolute Gasteiger partial charge is 0.369 e. The molecule has 1 aromatic carbocycles. The Morgan fingerprint density at radius 2 is 2.24 bits per heavy atom. The van der Waals surface area contributed by atoms with E-state index < -0.39 is 0 Å². The minimum atomic E-state index is -0.312. The summed E-state index contributed by atoms with van der Waals surface area (Å²) in [5.41, 5.74) is 7.04. The zero-order chi connectivity index (χ0) is 12.4. The van der Waals surface area contributed by atoms with E-state index in [-0.39, 0.29) is 11.7 Å². The number of carbonyl (C=O) groups excluding carboxylic acids is 1. The van der Waals surface area contributed by atoms with Crippen molar-refractivity contribution in [2.45, 2.75) is 11.8 Å². The number of carbonyl (C=O) groups is 1. The van der Waals surface area contributed by atoms with Crippen LogP contribution >= 0.6 is 27.7 Å². The number of aromatic nitrogens is 1. The van der Waals surface area contributed by atoms with Gasteiger partial charge in [0.05, 0.1) is 11.3 Å². The number of hydrogen-bond acceptors (Lipinski definition) is 3. The van der Waals surface area contributed by atoms with Crippen molar-refractivity contribution in [3.63, 3.8) is 0 Å². The summed E-state index contributed by atoms with van der Waals surface area (Å²) >= 11 is 4.88. The normalized spacial score (nSPS) is 10.7. The van der Waals surface area contributed by atoms with Gasteiger partial charge in [0, 0.05) is 20.4 Å². The molecule has 1 amide bonds. The Kier molecular flexibility index (Phi) is 3.69. The monoisotopic (exact) mass is 310 g/mol. The number of rotatable bonds is 3. The highest BCUT2D eigenvalue weighted by atomic mass is 79.9. The van der Waals surface area contributed by atoms with E-state index in [0.717, 1.165) is 26.0 Å². The molecule has 1 aromatic heterocycles. The van der Waals surface area contributed by atoms with Crippen LogP contribution in [0.1, 0.15) is 5.69 Å². The summed E-state index contributed by atoms with van der Waals surface area (Å²) in [7, 11) is 0. The number of pyridine rings is 1. The first kappa shape index (κ1) is 12.4. The summed E-state index contributed by atoms with van der Waals surface area (Å²) in [4.78, 5) is 16.3. The van der Waals surface area contributed by atoms with Crippen molar-refractivity contribution >= 4 is 44.5 Å². The van der Waals surface area contributed by atoms with Crippen LogP contribution in [-0.4, -0.2) is 16.6 Å². The molecule has 0 fully saturated rings. The van der Waals surface area contributed by atoms with Gasteiger partial charge in [-0.2, -0.15) is 0 Å². The SMILES string of the molecule is Cc1cc(SCC(N)=O)c2cc(Br)ccc2n1. The lowest BCUT2D eigenvalue weighted by molar-refractivity contribution is -0.115. The summed E-state index contributed by atoms with van der Waals surface area (Å²) < 4.78 is 0.997. The van der Waals surface area contributed by atoms with Crippen molar-refractivity contribution in [2.24, 2.45) is 5.73 Å². The minimum Gasteiger partial charge on any atom is -0.369 e. The van der Waals surface area contributed by atoms with Gasteiger partial charge in [0.25, 0.3) is 0 Å². The second-order valence-corrected chi connectivity index (χ2v) is 5.61. The third-order valence-corrected chi connectivity index (χ3v) is 3.80. The number of thioether (sulfide) groups is 1. The maximum Gasteiger partial charge on any atom is 0.227 e. The van der Waals surface area contributed by atoms with Gasteiger partial charge in [-0.15, -0.1) is 11.8 Å². The number of halogens is 1. The lowest BCUT2D eigenvalue weighted by Crippen LogP contribution is -2.13. The number of fused-ring (bicyclic) bond motifs is 1. The second kappa shape index (κ2) is 5.06. The Morgan fingerprint density at radius 3 is 2.94 bits per heavy atom. The molecule has 0 spiro atoms. The molecule has 0 radical (unpaired) electrons. The molecule has 0 aliphatic carbocycles. The van der Waals surface area contributed by atoms with Crippen LogP contribution in [-0.2, 0) is 4.79 Å². The third-order valence-electron chi connectivity index (χ3n) is 2.23. The average molecular weight is 311 g/mol. The predicted octanol–water partition coefficient (Wildman–Crippen LogP) is 2.88. The highest BCUT2D eigenvalue weighted by Gasteiger charge is 2.06. The molecule has 0 bridgehead atoms. The molecule has 0 aliphatic heterocycles. The Bertz CT molecular complexity index is 586. The molecule has 0 unspecified atom stereocenters. The topological polar surface area (TPSA) is 56.0 Å². The van der Waals surface area contributed by atoms with Gasteiger partial charge in [-0.25, -0.2) is 0 Å². The molecular weight excluding hydrogens is 300 g/mol. The van der Waals surface area contributed by atoms with Gasteiger partial charge >= 0.3 is 0 Å². The molecule has 0 aliphatic rings. The van der Waals surface area contributed by atoms with Crippen molar-refractivity contribution in [1.82, 2.24) is 4.98 Å². The van der Waals surface area contributed by atoms with Crippen molar-refractivity contribution < 1.29 is 4.79 Å². The summed E-state index contributed by atoms with van der Waals surface area (Å²) in [6, 6.07) is 7.89. The van der Waals surface area contributed by atoms with E-state index in [4.69, 9.17) is 5.73 Å². The molecule has 2 rings (SSSR count). The fraction of sp³-hybridized carbons (Fsp3) is 0.167. The number of hydrogen-bond donors (Lipinski definition) is 1. The number of nitrogens with zero attached hydrogens (tertiary/aromatic N) is 1. The van der Waals surface area contributed by atoms with Crippen molar-refractivity contribution in [1.29, 1.82) is 0 Å². The van der Waals surface area contributed by atoms with Crippen LogP contribution in [0.2, 0.25) is 0 Å². The Balaban J connectivity index is 2.51. The molecule has 1 heterocycles. The van der Waals surface area contributed by atoms with E-state index in [9.17, 15) is 4.79 Å². The van der Waals surface area contributed by atoms with Crippen molar-refractivity contribution in [2.75, 3.05) is 5.75 Å². The number of amides is 1. The lowest BCUT2D eigenvalue weighted by Gasteiger charge is -2.07. The third kappa shape index (κ3) is 2.98. The minimum absolute atomic E-state index is 0.283. The standard InChI is InChI=1S/C12H11BrN2OS/c1-7-4-11(17-6-12(14)16)9-5-8(13)2-3-10(9)15-7/h2-5H,6H2,1H3,(H2,14,16). The van der Waals surface area contributed by atoms with E-state index >= 15 is 0 Å². The van der Waals surface area contributed by atoms with Gasteiger partial charge in [-0.3, -0.25) is 9.78 Å². The van der Waals surface area contributed by atoms with Crippen LogP contribution in [0.25, 0.3) is 10.9 Å². The van der Waals surface area contributed by atoms with Crippen LogP contribution < -0.4 is 5.73 Å². The molecule has 0 saturated carbocycles. The maximum atomic E-state index is 10.8. The number of primary amides is 1.